The molecule has 29 heavy (non-hydrogen) atoms. The van der Waals surface area contributed by atoms with E-state index in [1.165, 1.54) is 0 Å². The average molecular weight is 391 g/mol. The Labute approximate surface area is 170 Å². The largest absolute Gasteiger partial charge is 0.352 e. The first-order valence-electron chi connectivity index (χ1n) is 9.73. The third kappa shape index (κ3) is 5.31. The highest BCUT2D eigenvalue weighted by Gasteiger charge is 2.28. The van der Waals surface area contributed by atoms with Crippen molar-refractivity contribution in [1.82, 2.24) is 10.2 Å². The molecule has 2 aromatic rings. The van der Waals surface area contributed by atoms with Crippen molar-refractivity contribution in [3.05, 3.63) is 78.4 Å². The summed E-state index contributed by atoms with van der Waals surface area (Å²) in [7, 11) is 0. The van der Waals surface area contributed by atoms with E-state index in [1.54, 1.807) is 59.5 Å². The van der Waals surface area contributed by atoms with Crippen molar-refractivity contribution in [1.29, 1.82) is 0 Å². The second kappa shape index (κ2) is 9.68. The number of amides is 3. The van der Waals surface area contributed by atoms with Crippen LogP contribution < -0.4 is 10.6 Å². The molecular weight excluding hydrogens is 366 g/mol. The number of rotatable bonds is 6. The summed E-state index contributed by atoms with van der Waals surface area (Å²) >= 11 is 0. The van der Waals surface area contributed by atoms with Gasteiger partial charge in [-0.05, 0) is 43.2 Å². The zero-order valence-electron chi connectivity index (χ0n) is 16.3. The van der Waals surface area contributed by atoms with Gasteiger partial charge in [0, 0.05) is 36.4 Å². The van der Waals surface area contributed by atoms with Crippen LogP contribution in [0.2, 0.25) is 0 Å². The van der Waals surface area contributed by atoms with Crippen LogP contribution in [0.1, 0.15) is 33.6 Å². The van der Waals surface area contributed by atoms with Crippen molar-refractivity contribution in [2.45, 2.75) is 12.8 Å². The maximum atomic E-state index is 13.0. The van der Waals surface area contributed by atoms with Gasteiger partial charge in [0.1, 0.15) is 0 Å². The maximum Gasteiger partial charge on any atom is 0.255 e. The Morgan fingerprint density at radius 3 is 2.59 bits per heavy atom. The molecule has 1 atom stereocenters. The lowest BCUT2D eigenvalue weighted by Crippen LogP contribution is -2.45. The molecule has 0 aliphatic carbocycles. The topological polar surface area (TPSA) is 78.5 Å². The zero-order valence-corrected chi connectivity index (χ0v) is 16.3. The van der Waals surface area contributed by atoms with Crippen molar-refractivity contribution >= 4 is 23.4 Å². The number of carbonyl (C=O) groups is 3. The summed E-state index contributed by atoms with van der Waals surface area (Å²) in [5.41, 5.74) is 1.60. The molecule has 1 aliphatic rings. The second-order valence-corrected chi connectivity index (χ2v) is 7.03. The minimum Gasteiger partial charge on any atom is -0.352 e. The molecule has 150 valence electrons. The molecule has 6 nitrogen and oxygen atoms in total. The lowest BCUT2D eigenvalue weighted by Gasteiger charge is -2.32. The fourth-order valence-corrected chi connectivity index (χ4v) is 3.40. The number of hydrogen-bond donors (Lipinski definition) is 2. The van der Waals surface area contributed by atoms with E-state index in [-0.39, 0.29) is 23.6 Å². The van der Waals surface area contributed by atoms with Crippen molar-refractivity contribution < 1.29 is 14.4 Å². The smallest absolute Gasteiger partial charge is 0.255 e. The molecule has 0 aromatic heterocycles. The first-order valence-corrected chi connectivity index (χ1v) is 9.73. The van der Waals surface area contributed by atoms with Crippen LogP contribution in [0.25, 0.3) is 0 Å². The molecular formula is C23H25N3O3. The van der Waals surface area contributed by atoms with Crippen molar-refractivity contribution in [3.8, 4) is 0 Å². The Balaban J connectivity index is 1.66. The highest BCUT2D eigenvalue weighted by Crippen LogP contribution is 2.20. The van der Waals surface area contributed by atoms with Gasteiger partial charge in [-0.25, -0.2) is 0 Å². The minimum absolute atomic E-state index is 0.0497. The monoisotopic (exact) mass is 391 g/mol. The Bertz CT molecular complexity index is 895. The molecule has 0 bridgehead atoms. The molecule has 1 heterocycles. The van der Waals surface area contributed by atoms with E-state index in [2.05, 4.69) is 17.2 Å². The number of piperidine rings is 1. The van der Waals surface area contributed by atoms with E-state index in [1.807, 2.05) is 6.07 Å². The van der Waals surface area contributed by atoms with Crippen LogP contribution in [-0.4, -0.2) is 42.3 Å². The molecule has 2 N–H and O–H groups in total. The van der Waals surface area contributed by atoms with Crippen LogP contribution in [-0.2, 0) is 4.79 Å². The summed E-state index contributed by atoms with van der Waals surface area (Å²) in [5.74, 6) is -0.631. The molecule has 0 saturated carbocycles. The van der Waals surface area contributed by atoms with E-state index in [9.17, 15) is 14.4 Å². The summed E-state index contributed by atoms with van der Waals surface area (Å²) in [6.45, 7) is 5.03. The van der Waals surface area contributed by atoms with Gasteiger partial charge in [-0.1, -0.05) is 30.3 Å². The number of hydrogen-bond acceptors (Lipinski definition) is 3. The highest BCUT2D eigenvalue weighted by molar-refractivity contribution is 6.05. The Morgan fingerprint density at radius 1 is 1.07 bits per heavy atom. The SMILES string of the molecule is C=CCNC(=O)C1CCCN(C(=O)c2cccc(NC(=O)c3ccccc3)c2)C1. The van der Waals surface area contributed by atoms with Gasteiger partial charge in [-0.15, -0.1) is 6.58 Å². The summed E-state index contributed by atoms with van der Waals surface area (Å²) in [4.78, 5) is 39.2. The van der Waals surface area contributed by atoms with Crippen LogP contribution in [0.15, 0.2) is 67.3 Å². The van der Waals surface area contributed by atoms with Crippen LogP contribution >= 0.6 is 0 Å². The van der Waals surface area contributed by atoms with E-state index < -0.39 is 0 Å². The number of nitrogens with one attached hydrogen (secondary N) is 2. The molecule has 6 heteroatoms. The van der Waals surface area contributed by atoms with Crippen molar-refractivity contribution in [2.75, 3.05) is 25.0 Å². The van der Waals surface area contributed by atoms with Crippen LogP contribution in [0.4, 0.5) is 5.69 Å². The Kier molecular flexibility index (Phi) is 6.79. The number of benzene rings is 2. The Morgan fingerprint density at radius 2 is 1.83 bits per heavy atom. The van der Waals surface area contributed by atoms with Gasteiger partial charge in [0.05, 0.1) is 5.92 Å². The summed E-state index contributed by atoms with van der Waals surface area (Å²) in [5, 5.41) is 5.63. The third-order valence-electron chi connectivity index (χ3n) is 4.90. The lowest BCUT2D eigenvalue weighted by atomic mass is 9.96. The summed E-state index contributed by atoms with van der Waals surface area (Å²) < 4.78 is 0. The molecule has 2 aromatic carbocycles. The van der Waals surface area contributed by atoms with Crippen molar-refractivity contribution in [2.24, 2.45) is 5.92 Å². The standard InChI is InChI=1S/C23H25N3O3/c1-2-13-24-21(27)19-11-7-14-26(16-19)23(29)18-10-6-12-20(15-18)25-22(28)17-8-4-3-5-9-17/h2-6,8-10,12,15,19H,1,7,11,13-14,16H2,(H,24,27)(H,25,28). The molecule has 1 saturated heterocycles. The Hall–Kier alpha value is -3.41. The normalized spacial score (nSPS) is 16.0. The molecule has 1 aliphatic heterocycles. The van der Waals surface area contributed by atoms with Gasteiger partial charge < -0.3 is 15.5 Å². The van der Waals surface area contributed by atoms with Gasteiger partial charge in [0.15, 0.2) is 0 Å². The van der Waals surface area contributed by atoms with Gasteiger partial charge >= 0.3 is 0 Å². The molecule has 0 spiro atoms. The second-order valence-electron chi connectivity index (χ2n) is 7.03. The lowest BCUT2D eigenvalue weighted by molar-refractivity contribution is -0.126. The van der Waals surface area contributed by atoms with Crippen molar-refractivity contribution in [3.63, 3.8) is 0 Å². The molecule has 1 unspecified atom stereocenters. The van der Waals surface area contributed by atoms with Crippen LogP contribution in [0.3, 0.4) is 0 Å². The van der Waals surface area contributed by atoms with E-state index in [0.717, 1.165) is 12.8 Å². The van der Waals surface area contributed by atoms with Gasteiger partial charge in [0.25, 0.3) is 11.8 Å². The minimum atomic E-state index is -0.230. The van der Waals surface area contributed by atoms with E-state index in [0.29, 0.717) is 36.4 Å². The third-order valence-corrected chi connectivity index (χ3v) is 4.90. The van der Waals surface area contributed by atoms with Gasteiger partial charge in [-0.3, -0.25) is 14.4 Å². The maximum absolute atomic E-state index is 13.0. The van der Waals surface area contributed by atoms with Gasteiger partial charge in [0.2, 0.25) is 5.91 Å². The predicted octanol–water partition coefficient (Wildman–Crippen LogP) is 3.09. The van der Waals surface area contributed by atoms with Crippen LogP contribution in [0, 0.1) is 5.92 Å². The fraction of sp³-hybridized carbons (Fsp3) is 0.261. The average Bonchev–Trinajstić information content (AvgIpc) is 2.77. The highest BCUT2D eigenvalue weighted by atomic mass is 16.2. The summed E-state index contributed by atoms with van der Waals surface area (Å²) in [6, 6.07) is 15.8. The fourth-order valence-electron chi connectivity index (χ4n) is 3.40. The molecule has 1 fully saturated rings. The predicted molar refractivity (Wildman–Crippen MR) is 113 cm³/mol. The number of anilines is 1. The molecule has 3 rings (SSSR count). The van der Waals surface area contributed by atoms with Gasteiger partial charge in [-0.2, -0.15) is 0 Å². The number of likely N-dealkylation sites (tertiary alicyclic amines) is 1. The molecule has 3 amide bonds. The summed E-state index contributed by atoms with van der Waals surface area (Å²) in [6.07, 6.45) is 3.18. The quantitative estimate of drug-likeness (QED) is 0.743. The van der Waals surface area contributed by atoms with E-state index >= 15 is 0 Å². The number of carbonyl (C=O) groups excluding carboxylic acids is 3. The van der Waals surface area contributed by atoms with E-state index in [4.69, 9.17) is 0 Å². The van der Waals surface area contributed by atoms with Crippen LogP contribution in [0.5, 0.6) is 0 Å². The first kappa shape index (κ1) is 20.3. The molecule has 0 radical (unpaired) electrons. The number of nitrogens with zero attached hydrogens (tertiary/aromatic N) is 1. The zero-order chi connectivity index (χ0) is 20.6. The first-order chi connectivity index (χ1) is 14.1.